The van der Waals surface area contributed by atoms with Crippen molar-refractivity contribution in [1.82, 2.24) is 14.9 Å². The van der Waals surface area contributed by atoms with E-state index >= 15 is 0 Å². The lowest BCUT2D eigenvalue weighted by Gasteiger charge is -2.12. The minimum absolute atomic E-state index is 0.00854. The van der Waals surface area contributed by atoms with E-state index in [4.69, 9.17) is 16.3 Å². The molecule has 1 atom stereocenters. The number of methoxy groups -OCH3 is 1. The summed E-state index contributed by atoms with van der Waals surface area (Å²) in [5.74, 6) is 0.251. The van der Waals surface area contributed by atoms with Crippen LogP contribution in [0.4, 0.5) is 0 Å². The van der Waals surface area contributed by atoms with E-state index in [0.717, 1.165) is 10.8 Å². The number of thioether (sulfide) groups is 1. The molecule has 22 heavy (non-hydrogen) atoms. The molecule has 2 rings (SSSR count). The molecule has 0 saturated heterocycles. The summed E-state index contributed by atoms with van der Waals surface area (Å²) in [5, 5.41) is 4.28. The van der Waals surface area contributed by atoms with E-state index in [1.54, 1.807) is 13.3 Å². The zero-order chi connectivity index (χ0) is 15.9. The van der Waals surface area contributed by atoms with Crippen LogP contribution in [0.5, 0.6) is 0 Å². The SMILES string of the molecule is COCC(C)NC(=O)CSc1nccn1-c1cccc(Cl)c1. The molecule has 0 radical (unpaired) electrons. The van der Waals surface area contributed by atoms with Gasteiger partial charge in [-0.15, -0.1) is 0 Å². The van der Waals surface area contributed by atoms with E-state index in [9.17, 15) is 4.79 Å². The molecule has 0 saturated carbocycles. The number of hydrogen-bond acceptors (Lipinski definition) is 4. The average molecular weight is 340 g/mol. The predicted octanol–water partition coefficient (Wildman–Crippen LogP) is 2.77. The van der Waals surface area contributed by atoms with Gasteiger partial charge in [-0.05, 0) is 25.1 Å². The largest absolute Gasteiger partial charge is 0.383 e. The Labute approximate surface area is 139 Å². The van der Waals surface area contributed by atoms with Gasteiger partial charge in [0.05, 0.1) is 12.4 Å². The predicted molar refractivity (Wildman–Crippen MR) is 88.8 cm³/mol. The number of amides is 1. The van der Waals surface area contributed by atoms with E-state index in [0.29, 0.717) is 17.4 Å². The van der Waals surface area contributed by atoms with Crippen LogP contribution in [0.15, 0.2) is 41.8 Å². The fourth-order valence-corrected chi connectivity index (χ4v) is 2.93. The molecule has 0 aliphatic heterocycles. The molecule has 0 spiro atoms. The highest BCUT2D eigenvalue weighted by Gasteiger charge is 2.11. The fraction of sp³-hybridized carbons (Fsp3) is 0.333. The lowest BCUT2D eigenvalue weighted by atomic mass is 10.3. The summed E-state index contributed by atoms with van der Waals surface area (Å²) < 4.78 is 6.90. The summed E-state index contributed by atoms with van der Waals surface area (Å²) in [6.45, 7) is 2.40. The Morgan fingerprint density at radius 2 is 2.36 bits per heavy atom. The Morgan fingerprint density at radius 3 is 3.09 bits per heavy atom. The summed E-state index contributed by atoms with van der Waals surface area (Å²) in [7, 11) is 1.61. The zero-order valence-electron chi connectivity index (χ0n) is 12.5. The van der Waals surface area contributed by atoms with Crippen LogP contribution in [-0.4, -0.2) is 41.0 Å². The maximum absolute atomic E-state index is 11.9. The van der Waals surface area contributed by atoms with E-state index in [-0.39, 0.29) is 11.9 Å². The fourth-order valence-electron chi connectivity index (χ4n) is 1.96. The van der Waals surface area contributed by atoms with Gasteiger partial charge in [-0.25, -0.2) is 4.98 Å². The van der Waals surface area contributed by atoms with Crippen LogP contribution in [0.2, 0.25) is 5.02 Å². The first-order valence-electron chi connectivity index (χ1n) is 6.80. The highest BCUT2D eigenvalue weighted by molar-refractivity contribution is 7.99. The number of nitrogens with zero attached hydrogens (tertiary/aromatic N) is 2. The van der Waals surface area contributed by atoms with Gasteiger partial charge in [-0.2, -0.15) is 0 Å². The molecule has 1 amide bonds. The summed E-state index contributed by atoms with van der Waals surface area (Å²) in [6, 6.07) is 7.49. The molecule has 0 bridgehead atoms. The molecule has 1 aromatic carbocycles. The molecule has 2 aromatic rings. The van der Waals surface area contributed by atoms with Crippen LogP contribution in [0.1, 0.15) is 6.92 Å². The minimum Gasteiger partial charge on any atom is -0.383 e. The molecule has 1 unspecified atom stereocenters. The van der Waals surface area contributed by atoms with Crippen molar-refractivity contribution in [1.29, 1.82) is 0 Å². The molecule has 1 aromatic heterocycles. The molecule has 1 heterocycles. The van der Waals surface area contributed by atoms with Crippen molar-refractivity contribution in [2.75, 3.05) is 19.5 Å². The van der Waals surface area contributed by atoms with Crippen LogP contribution in [-0.2, 0) is 9.53 Å². The molecule has 5 nitrogen and oxygen atoms in total. The second kappa shape index (κ2) is 8.22. The van der Waals surface area contributed by atoms with Crippen molar-refractivity contribution in [2.24, 2.45) is 0 Å². The summed E-state index contributed by atoms with van der Waals surface area (Å²) in [6.07, 6.45) is 3.55. The molecular weight excluding hydrogens is 322 g/mol. The molecule has 118 valence electrons. The first-order chi connectivity index (χ1) is 10.6. The number of halogens is 1. The number of rotatable bonds is 7. The van der Waals surface area contributed by atoms with Gasteiger partial charge in [-0.1, -0.05) is 29.4 Å². The van der Waals surface area contributed by atoms with Gasteiger partial charge >= 0.3 is 0 Å². The van der Waals surface area contributed by atoms with Gasteiger partial charge in [-0.3, -0.25) is 9.36 Å². The minimum atomic E-state index is -0.0461. The standard InChI is InChI=1S/C15H18ClN3O2S/c1-11(9-21-2)18-14(20)10-22-15-17-6-7-19(15)13-5-3-4-12(16)8-13/h3-8,11H,9-10H2,1-2H3,(H,18,20). The van der Waals surface area contributed by atoms with E-state index in [1.807, 2.05) is 42.0 Å². The number of imidazole rings is 1. The van der Waals surface area contributed by atoms with E-state index < -0.39 is 0 Å². The van der Waals surface area contributed by atoms with Gasteiger partial charge in [0, 0.05) is 36.3 Å². The second-order valence-corrected chi connectivity index (χ2v) is 6.15. The number of nitrogens with one attached hydrogen (secondary N) is 1. The van der Waals surface area contributed by atoms with Gasteiger partial charge in [0.2, 0.25) is 5.91 Å². The van der Waals surface area contributed by atoms with Gasteiger partial charge in [0.25, 0.3) is 0 Å². The third-order valence-electron chi connectivity index (χ3n) is 2.85. The molecular formula is C15H18ClN3O2S. The van der Waals surface area contributed by atoms with Gasteiger partial charge in [0.15, 0.2) is 5.16 Å². The van der Waals surface area contributed by atoms with Crippen LogP contribution >= 0.6 is 23.4 Å². The van der Waals surface area contributed by atoms with Crippen molar-refractivity contribution < 1.29 is 9.53 Å². The number of aromatic nitrogens is 2. The molecule has 0 fully saturated rings. The van der Waals surface area contributed by atoms with E-state index in [2.05, 4.69) is 10.3 Å². The monoisotopic (exact) mass is 339 g/mol. The first kappa shape index (κ1) is 16.9. The maximum atomic E-state index is 11.9. The lowest BCUT2D eigenvalue weighted by molar-refractivity contribution is -0.119. The topological polar surface area (TPSA) is 56.1 Å². The van der Waals surface area contributed by atoms with Gasteiger partial charge < -0.3 is 10.1 Å². The molecule has 0 aliphatic carbocycles. The van der Waals surface area contributed by atoms with Crippen molar-refractivity contribution in [3.8, 4) is 5.69 Å². The van der Waals surface area contributed by atoms with Crippen molar-refractivity contribution in [3.63, 3.8) is 0 Å². The van der Waals surface area contributed by atoms with Crippen LogP contribution < -0.4 is 5.32 Å². The number of hydrogen-bond donors (Lipinski definition) is 1. The van der Waals surface area contributed by atoms with Gasteiger partial charge in [0.1, 0.15) is 0 Å². The Kier molecular flexibility index (Phi) is 6.30. The lowest BCUT2D eigenvalue weighted by Crippen LogP contribution is -2.36. The third kappa shape index (κ3) is 4.76. The number of benzene rings is 1. The zero-order valence-corrected chi connectivity index (χ0v) is 14.0. The summed E-state index contributed by atoms with van der Waals surface area (Å²) in [4.78, 5) is 16.2. The Bertz CT molecular complexity index is 633. The normalized spacial score (nSPS) is 12.1. The number of ether oxygens (including phenoxy) is 1. The molecule has 0 aliphatic rings. The summed E-state index contributed by atoms with van der Waals surface area (Å²) in [5.41, 5.74) is 0.917. The quantitative estimate of drug-likeness (QED) is 0.788. The van der Waals surface area contributed by atoms with E-state index in [1.165, 1.54) is 11.8 Å². The number of carbonyl (C=O) groups excluding carboxylic acids is 1. The molecule has 1 N–H and O–H groups in total. The Hall–Kier alpha value is -1.50. The summed E-state index contributed by atoms with van der Waals surface area (Å²) >= 11 is 7.39. The van der Waals surface area contributed by atoms with Crippen molar-refractivity contribution in [2.45, 2.75) is 18.1 Å². The average Bonchev–Trinajstić information content (AvgIpc) is 2.93. The van der Waals surface area contributed by atoms with Crippen molar-refractivity contribution >= 4 is 29.3 Å². The number of carbonyl (C=O) groups is 1. The van der Waals surface area contributed by atoms with Crippen LogP contribution in [0.25, 0.3) is 5.69 Å². The Balaban J connectivity index is 1.97. The van der Waals surface area contributed by atoms with Crippen molar-refractivity contribution in [3.05, 3.63) is 41.7 Å². The van der Waals surface area contributed by atoms with Crippen LogP contribution in [0.3, 0.4) is 0 Å². The maximum Gasteiger partial charge on any atom is 0.230 e. The van der Waals surface area contributed by atoms with Crippen LogP contribution in [0, 0.1) is 0 Å². The second-order valence-electron chi connectivity index (χ2n) is 4.77. The molecule has 7 heteroatoms. The highest BCUT2D eigenvalue weighted by atomic mass is 35.5. The Morgan fingerprint density at radius 1 is 1.55 bits per heavy atom. The first-order valence-corrected chi connectivity index (χ1v) is 8.17. The smallest absolute Gasteiger partial charge is 0.230 e. The third-order valence-corrected chi connectivity index (χ3v) is 4.05. The highest BCUT2D eigenvalue weighted by Crippen LogP contribution is 2.22.